The van der Waals surface area contributed by atoms with Gasteiger partial charge in [0.1, 0.15) is 0 Å². The van der Waals surface area contributed by atoms with Crippen molar-refractivity contribution >= 4 is 24.0 Å². The summed E-state index contributed by atoms with van der Waals surface area (Å²) in [5, 5.41) is 5.95. The number of benzene rings is 1. The molecule has 0 bridgehead atoms. The second kappa shape index (κ2) is 8.72. The summed E-state index contributed by atoms with van der Waals surface area (Å²) in [6, 6.07) is 3.41. The van der Waals surface area contributed by atoms with Gasteiger partial charge in [-0.2, -0.15) is 13.2 Å². The molecular weight excluding hydrogens is 341 g/mol. The summed E-state index contributed by atoms with van der Waals surface area (Å²) >= 11 is 0. The number of piperidine rings is 1. The number of hydrogen-bond donors (Lipinski definition) is 2. The molecule has 0 radical (unpaired) electrons. The predicted octanol–water partition coefficient (Wildman–Crippen LogP) is 4.40. The van der Waals surface area contributed by atoms with E-state index in [0.717, 1.165) is 38.1 Å². The number of alkyl halides is 3. The van der Waals surface area contributed by atoms with Crippen LogP contribution in [0.1, 0.15) is 37.3 Å². The molecule has 1 heterocycles. The Labute approximate surface area is 146 Å². The number of hydrogen-bond acceptors (Lipinski definition) is 2. The van der Waals surface area contributed by atoms with E-state index in [0.29, 0.717) is 17.9 Å². The van der Waals surface area contributed by atoms with Crippen molar-refractivity contribution in [1.29, 1.82) is 0 Å². The summed E-state index contributed by atoms with van der Waals surface area (Å²) in [4.78, 5) is 12.2. The van der Waals surface area contributed by atoms with E-state index in [2.05, 4.69) is 10.6 Å². The number of rotatable bonds is 4. The van der Waals surface area contributed by atoms with Gasteiger partial charge in [-0.3, -0.25) is 4.79 Å². The first kappa shape index (κ1) is 20.8. The Morgan fingerprint density at radius 2 is 2.12 bits per heavy atom. The number of aryl methyl sites for hydroxylation is 1. The average Bonchev–Trinajstić information content (AvgIpc) is 2.49. The van der Waals surface area contributed by atoms with Crippen LogP contribution in [-0.2, 0) is 11.0 Å². The molecule has 0 spiro atoms. The standard InChI is InChI=1S/C17H23F3N2O.ClH/c1-11-5-6-14(17(18,19)20)9-15(11)22-16(23)8-12(2)13-4-3-7-21-10-13;/h5-6,9,12-13,21H,3-4,7-8,10H2,1-2H3,(H,22,23);1H. The van der Waals surface area contributed by atoms with Crippen LogP contribution < -0.4 is 10.6 Å². The van der Waals surface area contributed by atoms with Crippen molar-refractivity contribution < 1.29 is 18.0 Å². The van der Waals surface area contributed by atoms with Crippen LogP contribution in [0.15, 0.2) is 18.2 Å². The molecule has 1 aliphatic rings. The van der Waals surface area contributed by atoms with Gasteiger partial charge in [0, 0.05) is 12.1 Å². The van der Waals surface area contributed by atoms with E-state index in [1.807, 2.05) is 6.92 Å². The molecular formula is C17H24ClF3N2O. The van der Waals surface area contributed by atoms with Crippen molar-refractivity contribution in [2.45, 2.75) is 39.3 Å². The molecule has 7 heteroatoms. The zero-order chi connectivity index (χ0) is 17.0. The summed E-state index contributed by atoms with van der Waals surface area (Å²) in [5.41, 5.74) is 0.111. The highest BCUT2D eigenvalue weighted by Crippen LogP contribution is 2.32. The smallest absolute Gasteiger partial charge is 0.326 e. The molecule has 2 rings (SSSR count). The number of halogens is 4. The Morgan fingerprint density at radius 1 is 1.42 bits per heavy atom. The highest BCUT2D eigenvalue weighted by molar-refractivity contribution is 5.91. The SMILES string of the molecule is Cc1ccc(C(F)(F)F)cc1NC(=O)CC(C)C1CCCNC1.Cl. The number of anilines is 1. The fourth-order valence-electron chi connectivity index (χ4n) is 2.96. The lowest BCUT2D eigenvalue weighted by Gasteiger charge is -2.28. The second-order valence-electron chi connectivity index (χ2n) is 6.36. The van der Waals surface area contributed by atoms with Crippen LogP contribution in [-0.4, -0.2) is 19.0 Å². The molecule has 0 aromatic heterocycles. The lowest BCUT2D eigenvalue weighted by molar-refractivity contribution is -0.137. The van der Waals surface area contributed by atoms with E-state index < -0.39 is 11.7 Å². The molecule has 136 valence electrons. The Hall–Kier alpha value is -1.27. The molecule has 1 saturated heterocycles. The molecule has 0 aliphatic carbocycles. The Kier molecular flexibility index (Phi) is 7.55. The van der Waals surface area contributed by atoms with E-state index >= 15 is 0 Å². The number of carbonyl (C=O) groups is 1. The molecule has 2 N–H and O–H groups in total. The minimum Gasteiger partial charge on any atom is -0.326 e. The quantitative estimate of drug-likeness (QED) is 0.831. The van der Waals surface area contributed by atoms with Crippen LogP contribution in [0, 0.1) is 18.8 Å². The van der Waals surface area contributed by atoms with Crippen LogP contribution in [0.3, 0.4) is 0 Å². The van der Waals surface area contributed by atoms with Gasteiger partial charge in [-0.1, -0.05) is 13.0 Å². The molecule has 1 amide bonds. The molecule has 0 saturated carbocycles. The molecule has 3 nitrogen and oxygen atoms in total. The van der Waals surface area contributed by atoms with Gasteiger partial charge in [0.05, 0.1) is 5.56 Å². The highest BCUT2D eigenvalue weighted by atomic mass is 35.5. The van der Waals surface area contributed by atoms with E-state index in [1.165, 1.54) is 6.07 Å². The number of amides is 1. The average molecular weight is 365 g/mol. The van der Waals surface area contributed by atoms with Gasteiger partial charge in [-0.05, 0) is 62.4 Å². The van der Waals surface area contributed by atoms with Crippen molar-refractivity contribution in [3.8, 4) is 0 Å². The number of nitrogens with one attached hydrogen (secondary N) is 2. The molecule has 2 atom stereocenters. The van der Waals surface area contributed by atoms with E-state index in [9.17, 15) is 18.0 Å². The van der Waals surface area contributed by atoms with Gasteiger partial charge in [-0.15, -0.1) is 12.4 Å². The lowest BCUT2D eigenvalue weighted by atomic mass is 9.85. The third kappa shape index (κ3) is 5.67. The number of carbonyl (C=O) groups excluding carboxylic acids is 1. The van der Waals surface area contributed by atoms with Crippen molar-refractivity contribution in [3.05, 3.63) is 29.3 Å². The van der Waals surface area contributed by atoms with Crippen LogP contribution in [0.5, 0.6) is 0 Å². The highest BCUT2D eigenvalue weighted by Gasteiger charge is 2.31. The normalized spacial score (nSPS) is 19.3. The van der Waals surface area contributed by atoms with Crippen LogP contribution in [0.25, 0.3) is 0 Å². The van der Waals surface area contributed by atoms with Crippen LogP contribution in [0.2, 0.25) is 0 Å². The predicted molar refractivity (Wildman–Crippen MR) is 91.4 cm³/mol. The Balaban J connectivity index is 0.00000288. The largest absolute Gasteiger partial charge is 0.416 e. The fraction of sp³-hybridized carbons (Fsp3) is 0.588. The third-order valence-electron chi connectivity index (χ3n) is 4.49. The van der Waals surface area contributed by atoms with Gasteiger partial charge >= 0.3 is 6.18 Å². The molecule has 1 aliphatic heterocycles. The third-order valence-corrected chi connectivity index (χ3v) is 4.49. The second-order valence-corrected chi connectivity index (χ2v) is 6.36. The molecule has 1 aromatic carbocycles. The maximum Gasteiger partial charge on any atom is 0.416 e. The van der Waals surface area contributed by atoms with E-state index in [-0.39, 0.29) is 29.9 Å². The molecule has 2 unspecified atom stereocenters. The van der Waals surface area contributed by atoms with Crippen LogP contribution >= 0.6 is 12.4 Å². The first-order valence-corrected chi connectivity index (χ1v) is 7.96. The zero-order valence-electron chi connectivity index (χ0n) is 13.9. The monoisotopic (exact) mass is 364 g/mol. The molecule has 1 fully saturated rings. The molecule has 24 heavy (non-hydrogen) atoms. The summed E-state index contributed by atoms with van der Waals surface area (Å²) in [6.07, 6.45) is -1.90. The van der Waals surface area contributed by atoms with Gasteiger partial charge < -0.3 is 10.6 Å². The first-order valence-electron chi connectivity index (χ1n) is 7.96. The minimum absolute atomic E-state index is 0. The van der Waals surface area contributed by atoms with E-state index in [1.54, 1.807) is 6.92 Å². The van der Waals surface area contributed by atoms with E-state index in [4.69, 9.17) is 0 Å². The van der Waals surface area contributed by atoms with Gasteiger partial charge in [0.15, 0.2) is 0 Å². The summed E-state index contributed by atoms with van der Waals surface area (Å²) in [7, 11) is 0. The van der Waals surface area contributed by atoms with Crippen molar-refractivity contribution in [1.82, 2.24) is 5.32 Å². The van der Waals surface area contributed by atoms with Gasteiger partial charge in [0.25, 0.3) is 0 Å². The molecule has 1 aromatic rings. The van der Waals surface area contributed by atoms with Gasteiger partial charge in [-0.25, -0.2) is 0 Å². The van der Waals surface area contributed by atoms with Gasteiger partial charge in [0.2, 0.25) is 5.91 Å². The fourth-order valence-corrected chi connectivity index (χ4v) is 2.96. The zero-order valence-corrected chi connectivity index (χ0v) is 14.7. The summed E-state index contributed by atoms with van der Waals surface area (Å²) in [6.45, 7) is 5.62. The minimum atomic E-state index is -4.41. The van der Waals surface area contributed by atoms with Crippen molar-refractivity contribution in [2.24, 2.45) is 11.8 Å². The van der Waals surface area contributed by atoms with Crippen molar-refractivity contribution in [2.75, 3.05) is 18.4 Å². The van der Waals surface area contributed by atoms with Crippen LogP contribution in [0.4, 0.5) is 18.9 Å². The van der Waals surface area contributed by atoms with Crippen molar-refractivity contribution in [3.63, 3.8) is 0 Å². The summed E-state index contributed by atoms with van der Waals surface area (Å²) < 4.78 is 38.3. The topological polar surface area (TPSA) is 41.1 Å². The first-order chi connectivity index (χ1) is 10.8. The summed E-state index contributed by atoms with van der Waals surface area (Å²) in [5.74, 6) is 0.413. The maximum atomic E-state index is 12.8. The Bertz CT molecular complexity index is 557. The maximum absolute atomic E-state index is 12.8. The Morgan fingerprint density at radius 3 is 2.71 bits per heavy atom. The lowest BCUT2D eigenvalue weighted by Crippen LogP contribution is -2.34.